The molecule has 0 amide bonds. The van der Waals surface area contributed by atoms with Crippen molar-refractivity contribution in [1.29, 1.82) is 5.26 Å². The highest BCUT2D eigenvalue weighted by molar-refractivity contribution is 7.09. The van der Waals surface area contributed by atoms with Crippen LogP contribution in [0, 0.1) is 25.2 Å². The molecule has 2 rings (SSSR count). The summed E-state index contributed by atoms with van der Waals surface area (Å²) in [5.74, 6) is -0.784. The third kappa shape index (κ3) is 3.81. The Labute approximate surface area is 132 Å². The number of aryl methyl sites for hydroxylation is 2. The molecule has 0 bridgehead atoms. The highest BCUT2D eigenvalue weighted by Crippen LogP contribution is 2.26. The number of nitriles is 1. The van der Waals surface area contributed by atoms with Crippen LogP contribution in [0.4, 0.5) is 0 Å². The monoisotopic (exact) mass is 320 g/mol. The summed E-state index contributed by atoms with van der Waals surface area (Å²) in [5.41, 5.74) is 1.78. The standard InChI is InChI=1S/C15H13ClN2O2S/c1-9-3-4-12(16)14(5-9)20-7-13(19)11(6-17)15-18-10(2)8-21-15/h3-5,8,11H,7H2,1-2H3. The van der Waals surface area contributed by atoms with Gasteiger partial charge in [-0.05, 0) is 31.5 Å². The number of thiazole rings is 1. The van der Waals surface area contributed by atoms with Crippen LogP contribution < -0.4 is 4.74 Å². The van der Waals surface area contributed by atoms with E-state index in [0.29, 0.717) is 15.8 Å². The van der Waals surface area contributed by atoms with Gasteiger partial charge < -0.3 is 4.74 Å². The molecule has 0 radical (unpaired) electrons. The highest BCUT2D eigenvalue weighted by atomic mass is 35.5. The largest absolute Gasteiger partial charge is 0.484 e. The van der Waals surface area contributed by atoms with Crippen molar-refractivity contribution in [1.82, 2.24) is 4.98 Å². The Bertz CT molecular complexity index is 706. The van der Waals surface area contributed by atoms with Crippen LogP contribution in [0.15, 0.2) is 23.6 Å². The van der Waals surface area contributed by atoms with Crippen molar-refractivity contribution in [3.8, 4) is 11.8 Å². The van der Waals surface area contributed by atoms with Gasteiger partial charge in [-0.25, -0.2) is 4.98 Å². The minimum Gasteiger partial charge on any atom is -0.484 e. The molecule has 4 nitrogen and oxygen atoms in total. The molecule has 1 aromatic carbocycles. The molecule has 6 heteroatoms. The van der Waals surface area contributed by atoms with Gasteiger partial charge in [0.15, 0.2) is 11.7 Å². The van der Waals surface area contributed by atoms with Gasteiger partial charge in [-0.3, -0.25) is 4.79 Å². The third-order valence-corrected chi connectivity index (χ3v) is 4.13. The number of carbonyl (C=O) groups excluding carboxylic acids is 1. The maximum absolute atomic E-state index is 12.1. The Morgan fingerprint density at radius 3 is 2.90 bits per heavy atom. The molecule has 1 aromatic heterocycles. The zero-order chi connectivity index (χ0) is 15.4. The van der Waals surface area contributed by atoms with E-state index in [1.165, 1.54) is 11.3 Å². The number of nitrogens with zero attached hydrogens (tertiary/aromatic N) is 2. The quantitative estimate of drug-likeness (QED) is 0.843. The van der Waals surface area contributed by atoms with Gasteiger partial charge in [0, 0.05) is 11.1 Å². The van der Waals surface area contributed by atoms with E-state index in [4.69, 9.17) is 21.6 Å². The van der Waals surface area contributed by atoms with Crippen LogP contribution in [0.5, 0.6) is 5.75 Å². The van der Waals surface area contributed by atoms with E-state index in [0.717, 1.165) is 11.3 Å². The van der Waals surface area contributed by atoms with Crippen LogP contribution in [0.1, 0.15) is 22.2 Å². The molecule has 0 aliphatic heterocycles. The first kappa shape index (κ1) is 15.5. The number of benzene rings is 1. The molecule has 1 atom stereocenters. The SMILES string of the molecule is Cc1ccc(Cl)c(OCC(=O)C(C#N)c2nc(C)cs2)c1. The van der Waals surface area contributed by atoms with Crippen molar-refractivity contribution in [2.45, 2.75) is 19.8 Å². The summed E-state index contributed by atoms with van der Waals surface area (Å²) in [6.45, 7) is 3.52. The average molecular weight is 321 g/mol. The van der Waals surface area contributed by atoms with E-state index in [-0.39, 0.29) is 12.4 Å². The van der Waals surface area contributed by atoms with Gasteiger partial charge in [-0.2, -0.15) is 5.26 Å². The number of rotatable bonds is 5. The lowest BCUT2D eigenvalue weighted by molar-refractivity contribution is -0.121. The molecule has 0 aliphatic carbocycles. The second kappa shape index (κ2) is 6.70. The van der Waals surface area contributed by atoms with Crippen LogP contribution in [0.2, 0.25) is 5.02 Å². The lowest BCUT2D eigenvalue weighted by atomic mass is 10.1. The summed E-state index contributed by atoms with van der Waals surface area (Å²) < 4.78 is 5.43. The van der Waals surface area contributed by atoms with E-state index in [9.17, 15) is 4.79 Å². The fraction of sp³-hybridized carbons (Fsp3) is 0.267. The topological polar surface area (TPSA) is 63.0 Å². The summed E-state index contributed by atoms with van der Waals surface area (Å²) in [4.78, 5) is 16.3. The first-order valence-corrected chi connectivity index (χ1v) is 7.50. The Balaban J connectivity index is 2.07. The molecule has 0 saturated carbocycles. The van der Waals surface area contributed by atoms with E-state index >= 15 is 0 Å². The lowest BCUT2D eigenvalue weighted by Crippen LogP contribution is -2.19. The number of ketones is 1. The van der Waals surface area contributed by atoms with E-state index in [2.05, 4.69) is 4.98 Å². The van der Waals surface area contributed by atoms with Crippen molar-refractivity contribution in [3.63, 3.8) is 0 Å². The number of halogens is 1. The second-order valence-corrected chi connectivity index (χ2v) is 5.87. The second-order valence-electron chi connectivity index (χ2n) is 4.58. The van der Waals surface area contributed by atoms with Gasteiger partial charge in [0.1, 0.15) is 17.4 Å². The molecule has 0 aliphatic rings. The molecule has 1 heterocycles. The van der Waals surface area contributed by atoms with Gasteiger partial charge in [0.25, 0.3) is 0 Å². The van der Waals surface area contributed by atoms with Crippen molar-refractivity contribution >= 4 is 28.7 Å². The van der Waals surface area contributed by atoms with Crippen LogP contribution >= 0.6 is 22.9 Å². The molecule has 0 fully saturated rings. The first-order valence-electron chi connectivity index (χ1n) is 6.24. The molecular formula is C15H13ClN2O2S. The fourth-order valence-corrected chi connectivity index (χ4v) is 2.76. The molecule has 2 aromatic rings. The van der Waals surface area contributed by atoms with Crippen LogP contribution in [-0.4, -0.2) is 17.4 Å². The molecule has 0 spiro atoms. The van der Waals surface area contributed by atoms with E-state index < -0.39 is 5.92 Å². The summed E-state index contributed by atoms with van der Waals surface area (Å²) in [7, 11) is 0. The minimum absolute atomic E-state index is 0.208. The lowest BCUT2D eigenvalue weighted by Gasteiger charge is -2.09. The zero-order valence-electron chi connectivity index (χ0n) is 11.6. The summed E-state index contributed by atoms with van der Waals surface area (Å²) in [6, 6.07) is 7.30. The molecule has 108 valence electrons. The number of ether oxygens (including phenoxy) is 1. The summed E-state index contributed by atoms with van der Waals surface area (Å²) in [6.07, 6.45) is 0. The number of aromatic nitrogens is 1. The van der Waals surface area contributed by atoms with E-state index in [1.54, 1.807) is 12.1 Å². The Kier molecular flexibility index (Phi) is 4.94. The fourth-order valence-electron chi connectivity index (χ4n) is 1.72. The van der Waals surface area contributed by atoms with Crippen LogP contribution in [0.25, 0.3) is 0 Å². The Morgan fingerprint density at radius 1 is 1.52 bits per heavy atom. The van der Waals surface area contributed by atoms with Crippen molar-refractivity contribution in [2.75, 3.05) is 6.61 Å². The number of hydrogen-bond acceptors (Lipinski definition) is 5. The van der Waals surface area contributed by atoms with Crippen LogP contribution in [-0.2, 0) is 4.79 Å². The molecule has 21 heavy (non-hydrogen) atoms. The zero-order valence-corrected chi connectivity index (χ0v) is 13.2. The predicted octanol–water partition coefficient (Wildman–Crippen LogP) is 3.67. The normalized spacial score (nSPS) is 11.7. The number of hydrogen-bond donors (Lipinski definition) is 0. The van der Waals surface area contributed by atoms with Gasteiger partial charge in [-0.1, -0.05) is 17.7 Å². The predicted molar refractivity (Wildman–Crippen MR) is 81.9 cm³/mol. The molecule has 1 unspecified atom stereocenters. The third-order valence-electron chi connectivity index (χ3n) is 2.79. The molecular weight excluding hydrogens is 308 g/mol. The van der Waals surface area contributed by atoms with Crippen molar-refractivity contribution in [2.24, 2.45) is 0 Å². The van der Waals surface area contributed by atoms with Crippen LogP contribution in [0.3, 0.4) is 0 Å². The van der Waals surface area contributed by atoms with Gasteiger partial charge >= 0.3 is 0 Å². The number of Topliss-reactive ketones (excluding diaryl/α,β-unsaturated/α-hetero) is 1. The Morgan fingerprint density at radius 2 is 2.29 bits per heavy atom. The van der Waals surface area contributed by atoms with Gasteiger partial charge in [0.2, 0.25) is 0 Å². The maximum atomic E-state index is 12.1. The first-order chi connectivity index (χ1) is 10.0. The number of carbonyl (C=O) groups is 1. The summed E-state index contributed by atoms with van der Waals surface area (Å²) >= 11 is 7.30. The average Bonchev–Trinajstić information content (AvgIpc) is 2.87. The summed E-state index contributed by atoms with van der Waals surface area (Å²) in [5, 5.41) is 11.9. The van der Waals surface area contributed by atoms with Gasteiger partial charge in [0.05, 0.1) is 11.1 Å². The molecule has 0 N–H and O–H groups in total. The minimum atomic E-state index is -0.896. The maximum Gasteiger partial charge on any atom is 0.194 e. The van der Waals surface area contributed by atoms with Gasteiger partial charge in [-0.15, -0.1) is 11.3 Å². The van der Waals surface area contributed by atoms with Crippen molar-refractivity contribution < 1.29 is 9.53 Å². The van der Waals surface area contributed by atoms with Crippen molar-refractivity contribution in [3.05, 3.63) is 44.9 Å². The smallest absolute Gasteiger partial charge is 0.194 e. The van der Waals surface area contributed by atoms with E-state index in [1.807, 2.05) is 31.4 Å². The Hall–Kier alpha value is -1.90. The highest BCUT2D eigenvalue weighted by Gasteiger charge is 2.24. The molecule has 0 saturated heterocycles.